The molecule has 2 rings (SSSR count). The molecule has 0 saturated heterocycles. The molecular weight excluding hydrogens is 396 g/mol. The Morgan fingerprint density at radius 2 is 1.00 bits per heavy atom. The van der Waals surface area contributed by atoms with Crippen molar-refractivity contribution in [3.05, 3.63) is 47.5 Å². The maximum absolute atomic E-state index is 5.97. The number of ether oxygens (including phenoxy) is 2. The van der Waals surface area contributed by atoms with E-state index in [1.807, 2.05) is 12.1 Å². The highest BCUT2D eigenvalue weighted by molar-refractivity contribution is 5.52. The van der Waals surface area contributed by atoms with E-state index in [-0.39, 0.29) is 0 Å². The van der Waals surface area contributed by atoms with E-state index in [9.17, 15) is 0 Å². The lowest BCUT2D eigenvalue weighted by molar-refractivity contribution is 0.215. The Morgan fingerprint density at radius 1 is 0.625 bits per heavy atom. The van der Waals surface area contributed by atoms with Gasteiger partial charge in [0.05, 0.1) is 0 Å². The highest BCUT2D eigenvalue weighted by Gasteiger charge is 2.09. The Balaban J connectivity index is 1.80. The summed E-state index contributed by atoms with van der Waals surface area (Å²) in [4.78, 5) is 0. The van der Waals surface area contributed by atoms with Gasteiger partial charge in [-0.2, -0.15) is 0 Å². The topological polar surface area (TPSA) is 42.5 Å². The first-order valence-corrected chi connectivity index (χ1v) is 12.1. The van der Waals surface area contributed by atoms with E-state index in [4.69, 9.17) is 9.47 Å². The molecule has 2 N–H and O–H groups in total. The van der Waals surface area contributed by atoms with Gasteiger partial charge in [0, 0.05) is 23.5 Å². The third kappa shape index (κ3) is 9.02. The van der Waals surface area contributed by atoms with Crippen LogP contribution in [0.4, 0.5) is 11.4 Å². The average Bonchev–Trinajstić information content (AvgIpc) is 2.66. The van der Waals surface area contributed by atoms with Crippen LogP contribution in [-0.2, 0) is 0 Å². The van der Waals surface area contributed by atoms with Gasteiger partial charge in [-0.05, 0) is 99.9 Å². The molecule has 4 heteroatoms. The summed E-state index contributed by atoms with van der Waals surface area (Å²) >= 11 is 0. The van der Waals surface area contributed by atoms with Crippen LogP contribution >= 0.6 is 0 Å². The van der Waals surface area contributed by atoms with Crippen LogP contribution in [0.1, 0.15) is 65.5 Å². The van der Waals surface area contributed by atoms with Crippen molar-refractivity contribution in [2.45, 2.75) is 80.3 Å². The third-order valence-corrected chi connectivity index (χ3v) is 5.42. The van der Waals surface area contributed by atoms with Crippen molar-refractivity contribution in [3.63, 3.8) is 0 Å². The van der Waals surface area contributed by atoms with Crippen LogP contribution in [0.3, 0.4) is 0 Å². The Morgan fingerprint density at radius 3 is 1.31 bits per heavy atom. The van der Waals surface area contributed by atoms with Crippen LogP contribution in [0.15, 0.2) is 36.4 Å². The molecule has 0 radical (unpaired) electrons. The molecule has 0 amide bonds. The van der Waals surface area contributed by atoms with E-state index in [2.05, 4.69) is 90.3 Å². The molecule has 2 unspecified atom stereocenters. The van der Waals surface area contributed by atoms with Gasteiger partial charge in [-0.25, -0.2) is 0 Å². The predicted octanol–water partition coefficient (Wildman–Crippen LogP) is 7.45. The van der Waals surface area contributed by atoms with E-state index < -0.39 is 0 Å². The monoisotopic (exact) mass is 440 g/mol. The molecule has 0 aliphatic heterocycles. The number of anilines is 2. The van der Waals surface area contributed by atoms with E-state index in [0.717, 1.165) is 46.8 Å². The number of nitrogens with one attached hydrogen (secondary N) is 2. The molecular formula is C28H44N2O2. The lowest BCUT2D eigenvalue weighted by atomic mass is 10.0. The highest BCUT2D eigenvalue weighted by Crippen LogP contribution is 2.25. The molecule has 0 heterocycles. The summed E-state index contributed by atoms with van der Waals surface area (Å²) in [5.74, 6) is 3.19. The predicted molar refractivity (Wildman–Crippen MR) is 138 cm³/mol. The van der Waals surface area contributed by atoms with Gasteiger partial charge < -0.3 is 20.1 Å². The molecule has 0 aliphatic rings. The number of hydrogen-bond acceptors (Lipinski definition) is 4. The summed E-state index contributed by atoms with van der Waals surface area (Å²) in [5, 5.41) is 7.15. The molecule has 2 atom stereocenters. The zero-order valence-electron chi connectivity index (χ0n) is 21.4. The minimum Gasteiger partial charge on any atom is -0.490 e. The zero-order valence-corrected chi connectivity index (χ0v) is 21.4. The fourth-order valence-corrected chi connectivity index (χ4v) is 4.21. The molecule has 2 aromatic rings. The van der Waals surface area contributed by atoms with Gasteiger partial charge in [0.15, 0.2) is 0 Å². The molecule has 0 fully saturated rings. The van der Waals surface area contributed by atoms with Crippen molar-refractivity contribution < 1.29 is 9.47 Å². The Bertz CT molecular complexity index is 763. The maximum atomic E-state index is 5.97. The van der Waals surface area contributed by atoms with Crippen LogP contribution in [0, 0.1) is 25.7 Å². The molecule has 0 bridgehead atoms. The van der Waals surface area contributed by atoms with Gasteiger partial charge >= 0.3 is 0 Å². The Labute approximate surface area is 196 Å². The SMILES string of the molecule is Cc1cc(NC(C)CC(C)C)ccc1OCCOc1ccc(NC(C)CC(C)C)cc1C. The second-order valence-electron chi connectivity index (χ2n) is 10.0. The normalized spacial score (nSPS) is 13.2. The molecule has 0 aromatic heterocycles. The molecule has 0 saturated carbocycles. The van der Waals surface area contributed by atoms with E-state index in [1.165, 1.54) is 0 Å². The first-order valence-electron chi connectivity index (χ1n) is 12.1. The smallest absolute Gasteiger partial charge is 0.122 e. The van der Waals surface area contributed by atoms with E-state index in [0.29, 0.717) is 37.1 Å². The standard InChI is InChI=1S/C28H44N2O2/c1-19(2)15-23(7)29-25-9-11-27(21(5)17-25)31-13-14-32-28-12-10-26(18-22(28)6)30-24(8)16-20(3)4/h9-12,17-20,23-24,29-30H,13-16H2,1-8H3. The van der Waals surface area contributed by atoms with Crippen molar-refractivity contribution >= 4 is 11.4 Å². The molecule has 0 spiro atoms. The second-order valence-corrected chi connectivity index (χ2v) is 10.0. The quantitative estimate of drug-likeness (QED) is 0.317. The van der Waals surface area contributed by atoms with Crippen molar-refractivity contribution in [2.24, 2.45) is 11.8 Å². The van der Waals surface area contributed by atoms with Crippen LogP contribution in [-0.4, -0.2) is 25.3 Å². The summed E-state index contributed by atoms with van der Waals surface area (Å²) in [6.45, 7) is 18.7. The molecule has 2 aromatic carbocycles. The van der Waals surface area contributed by atoms with Crippen molar-refractivity contribution in [3.8, 4) is 11.5 Å². The summed E-state index contributed by atoms with van der Waals surface area (Å²) in [6.07, 6.45) is 2.31. The van der Waals surface area contributed by atoms with Gasteiger partial charge in [-0.1, -0.05) is 27.7 Å². The average molecular weight is 441 g/mol. The lowest BCUT2D eigenvalue weighted by Gasteiger charge is -2.19. The van der Waals surface area contributed by atoms with Crippen LogP contribution < -0.4 is 20.1 Å². The fourth-order valence-electron chi connectivity index (χ4n) is 4.21. The highest BCUT2D eigenvalue weighted by atomic mass is 16.5. The van der Waals surface area contributed by atoms with Gasteiger partial charge in [0.1, 0.15) is 24.7 Å². The maximum Gasteiger partial charge on any atom is 0.122 e. The third-order valence-electron chi connectivity index (χ3n) is 5.42. The number of benzene rings is 2. The van der Waals surface area contributed by atoms with Gasteiger partial charge in [-0.3, -0.25) is 0 Å². The van der Waals surface area contributed by atoms with E-state index in [1.54, 1.807) is 0 Å². The second kappa shape index (κ2) is 12.6. The van der Waals surface area contributed by atoms with Gasteiger partial charge in [-0.15, -0.1) is 0 Å². The van der Waals surface area contributed by atoms with Crippen molar-refractivity contribution in [1.82, 2.24) is 0 Å². The van der Waals surface area contributed by atoms with E-state index >= 15 is 0 Å². The molecule has 4 nitrogen and oxygen atoms in total. The minimum atomic E-state index is 0.456. The first kappa shape index (κ1) is 25.9. The summed E-state index contributed by atoms with van der Waals surface area (Å²) in [5.41, 5.74) is 4.56. The summed E-state index contributed by atoms with van der Waals surface area (Å²) in [6, 6.07) is 13.5. The fraction of sp³-hybridized carbons (Fsp3) is 0.571. The Kier molecular flexibility index (Phi) is 10.2. The number of aryl methyl sites for hydroxylation is 2. The van der Waals surface area contributed by atoms with Crippen molar-refractivity contribution in [1.29, 1.82) is 0 Å². The van der Waals surface area contributed by atoms with Gasteiger partial charge in [0.25, 0.3) is 0 Å². The first-order chi connectivity index (χ1) is 15.1. The lowest BCUT2D eigenvalue weighted by Crippen LogP contribution is -2.17. The van der Waals surface area contributed by atoms with Gasteiger partial charge in [0.2, 0.25) is 0 Å². The largest absolute Gasteiger partial charge is 0.490 e. The summed E-state index contributed by atoms with van der Waals surface area (Å²) in [7, 11) is 0. The number of rotatable bonds is 13. The zero-order chi connectivity index (χ0) is 23.7. The van der Waals surface area contributed by atoms with Crippen molar-refractivity contribution in [2.75, 3.05) is 23.8 Å². The minimum absolute atomic E-state index is 0.456. The number of hydrogen-bond donors (Lipinski definition) is 2. The van der Waals surface area contributed by atoms with Crippen LogP contribution in [0.2, 0.25) is 0 Å². The van der Waals surface area contributed by atoms with Crippen LogP contribution in [0.5, 0.6) is 11.5 Å². The molecule has 32 heavy (non-hydrogen) atoms. The summed E-state index contributed by atoms with van der Waals surface area (Å²) < 4.78 is 11.9. The molecule has 178 valence electrons. The molecule has 0 aliphatic carbocycles. The Hall–Kier alpha value is -2.36. The van der Waals surface area contributed by atoms with Crippen LogP contribution in [0.25, 0.3) is 0 Å².